The standard InChI is InChI=1S/C12H19BrN2O/c1-11(2,3)10-14-8(13)7-9(15-10)16-12(4,5)6/h7H,1-6H3. The minimum Gasteiger partial charge on any atom is -0.472 e. The van der Waals surface area contributed by atoms with E-state index in [1.165, 1.54) is 0 Å². The van der Waals surface area contributed by atoms with Crippen molar-refractivity contribution in [1.82, 2.24) is 9.97 Å². The zero-order chi connectivity index (χ0) is 12.6. The maximum absolute atomic E-state index is 5.74. The van der Waals surface area contributed by atoms with Crippen LogP contribution in [-0.2, 0) is 5.41 Å². The monoisotopic (exact) mass is 286 g/mol. The summed E-state index contributed by atoms with van der Waals surface area (Å²) in [4.78, 5) is 8.79. The predicted molar refractivity (Wildman–Crippen MR) is 68.8 cm³/mol. The van der Waals surface area contributed by atoms with E-state index >= 15 is 0 Å². The quantitative estimate of drug-likeness (QED) is 0.738. The summed E-state index contributed by atoms with van der Waals surface area (Å²) in [5.74, 6) is 1.39. The van der Waals surface area contributed by atoms with Crippen molar-refractivity contribution in [2.75, 3.05) is 0 Å². The van der Waals surface area contributed by atoms with Crippen LogP contribution in [0.15, 0.2) is 10.7 Å². The highest BCUT2D eigenvalue weighted by Gasteiger charge is 2.21. The van der Waals surface area contributed by atoms with Gasteiger partial charge in [0.1, 0.15) is 16.0 Å². The van der Waals surface area contributed by atoms with E-state index in [1.807, 2.05) is 20.8 Å². The van der Waals surface area contributed by atoms with Crippen LogP contribution in [-0.4, -0.2) is 15.6 Å². The molecule has 0 aliphatic heterocycles. The molecule has 0 fully saturated rings. The van der Waals surface area contributed by atoms with Gasteiger partial charge in [-0.3, -0.25) is 0 Å². The van der Waals surface area contributed by atoms with Crippen LogP contribution < -0.4 is 4.74 Å². The van der Waals surface area contributed by atoms with E-state index in [2.05, 4.69) is 46.7 Å². The van der Waals surface area contributed by atoms with Gasteiger partial charge in [-0.05, 0) is 36.7 Å². The molecule has 0 unspecified atom stereocenters. The Morgan fingerprint density at radius 3 is 2.06 bits per heavy atom. The molecule has 0 bridgehead atoms. The molecule has 1 aromatic heterocycles. The molecule has 16 heavy (non-hydrogen) atoms. The van der Waals surface area contributed by atoms with Gasteiger partial charge in [0.15, 0.2) is 0 Å². The van der Waals surface area contributed by atoms with E-state index in [1.54, 1.807) is 6.07 Å². The minimum absolute atomic E-state index is 0.0836. The van der Waals surface area contributed by atoms with Crippen molar-refractivity contribution in [3.8, 4) is 5.88 Å². The molecule has 0 aliphatic rings. The van der Waals surface area contributed by atoms with Crippen LogP contribution in [0, 0.1) is 0 Å². The molecule has 1 rings (SSSR count). The van der Waals surface area contributed by atoms with Crippen LogP contribution in [0.3, 0.4) is 0 Å². The molecule has 0 atom stereocenters. The molecule has 1 heterocycles. The third-order valence-electron chi connectivity index (χ3n) is 1.75. The van der Waals surface area contributed by atoms with Gasteiger partial charge in [0, 0.05) is 11.5 Å². The molecule has 4 heteroatoms. The van der Waals surface area contributed by atoms with Crippen molar-refractivity contribution in [3.05, 3.63) is 16.5 Å². The molecular weight excluding hydrogens is 268 g/mol. The van der Waals surface area contributed by atoms with E-state index in [9.17, 15) is 0 Å². The van der Waals surface area contributed by atoms with Gasteiger partial charge in [0.2, 0.25) is 5.88 Å². The first-order valence-electron chi connectivity index (χ1n) is 5.32. The fraction of sp³-hybridized carbons (Fsp3) is 0.667. The molecule has 0 radical (unpaired) electrons. The molecule has 0 aromatic carbocycles. The van der Waals surface area contributed by atoms with E-state index in [-0.39, 0.29) is 11.0 Å². The predicted octanol–water partition coefficient (Wildman–Crippen LogP) is 3.71. The second kappa shape index (κ2) is 4.32. The summed E-state index contributed by atoms with van der Waals surface area (Å²) < 4.78 is 6.49. The van der Waals surface area contributed by atoms with Gasteiger partial charge in [-0.15, -0.1) is 0 Å². The van der Waals surface area contributed by atoms with Crippen molar-refractivity contribution >= 4 is 15.9 Å². The Kier molecular flexibility index (Phi) is 3.62. The lowest BCUT2D eigenvalue weighted by Crippen LogP contribution is -2.25. The minimum atomic E-state index is -0.247. The van der Waals surface area contributed by atoms with Crippen molar-refractivity contribution < 1.29 is 4.74 Å². The third-order valence-corrected chi connectivity index (χ3v) is 2.16. The smallest absolute Gasteiger partial charge is 0.218 e. The lowest BCUT2D eigenvalue weighted by molar-refractivity contribution is 0.123. The summed E-state index contributed by atoms with van der Waals surface area (Å²) in [6.45, 7) is 12.2. The number of hydrogen-bond donors (Lipinski definition) is 0. The van der Waals surface area contributed by atoms with Gasteiger partial charge in [0.25, 0.3) is 0 Å². The molecular formula is C12H19BrN2O. The van der Waals surface area contributed by atoms with Crippen molar-refractivity contribution in [2.45, 2.75) is 52.6 Å². The summed E-state index contributed by atoms with van der Waals surface area (Å²) in [5, 5.41) is 0. The van der Waals surface area contributed by atoms with E-state index < -0.39 is 0 Å². The SMILES string of the molecule is CC(C)(C)Oc1cc(Br)nc(C(C)(C)C)n1. The Bertz CT molecular complexity index is 378. The Morgan fingerprint density at radius 2 is 1.62 bits per heavy atom. The Hall–Kier alpha value is -0.640. The summed E-state index contributed by atoms with van der Waals surface area (Å²) in [7, 11) is 0. The summed E-state index contributed by atoms with van der Waals surface area (Å²) in [6, 6.07) is 1.79. The van der Waals surface area contributed by atoms with Crippen molar-refractivity contribution in [2.24, 2.45) is 0 Å². The Balaban J connectivity index is 3.09. The van der Waals surface area contributed by atoms with Gasteiger partial charge in [0.05, 0.1) is 0 Å². The highest BCUT2D eigenvalue weighted by molar-refractivity contribution is 9.10. The maximum atomic E-state index is 5.74. The lowest BCUT2D eigenvalue weighted by atomic mass is 9.96. The zero-order valence-electron chi connectivity index (χ0n) is 10.8. The van der Waals surface area contributed by atoms with Crippen molar-refractivity contribution in [3.63, 3.8) is 0 Å². The summed E-state index contributed by atoms with van der Waals surface area (Å²) >= 11 is 3.38. The van der Waals surface area contributed by atoms with Crippen LogP contribution in [0.1, 0.15) is 47.4 Å². The number of nitrogens with zero attached hydrogens (tertiary/aromatic N) is 2. The fourth-order valence-electron chi connectivity index (χ4n) is 1.10. The molecule has 3 nitrogen and oxygen atoms in total. The summed E-state index contributed by atoms with van der Waals surface area (Å²) in [6.07, 6.45) is 0. The molecule has 0 spiro atoms. The number of halogens is 1. The third kappa shape index (κ3) is 4.08. The maximum Gasteiger partial charge on any atom is 0.218 e. The Labute approximate surface area is 106 Å². The van der Waals surface area contributed by atoms with Crippen molar-refractivity contribution in [1.29, 1.82) is 0 Å². The average molecular weight is 287 g/mol. The molecule has 0 amide bonds. The Morgan fingerprint density at radius 1 is 1.06 bits per heavy atom. The van der Waals surface area contributed by atoms with E-state index in [4.69, 9.17) is 4.74 Å². The van der Waals surface area contributed by atoms with Crippen LogP contribution in [0.25, 0.3) is 0 Å². The number of ether oxygens (including phenoxy) is 1. The highest BCUT2D eigenvalue weighted by atomic mass is 79.9. The fourth-order valence-corrected chi connectivity index (χ4v) is 1.46. The molecule has 1 aromatic rings. The lowest BCUT2D eigenvalue weighted by Gasteiger charge is -2.22. The summed E-state index contributed by atoms with van der Waals surface area (Å²) in [5.41, 5.74) is -0.331. The van der Waals surface area contributed by atoms with Gasteiger partial charge in [-0.1, -0.05) is 20.8 Å². The first-order valence-corrected chi connectivity index (χ1v) is 6.11. The molecule has 0 N–H and O–H groups in total. The second-order valence-electron chi connectivity index (χ2n) is 5.82. The average Bonchev–Trinajstić information content (AvgIpc) is 1.97. The number of aromatic nitrogens is 2. The molecule has 0 aliphatic carbocycles. The molecule has 0 saturated heterocycles. The van der Waals surface area contributed by atoms with Gasteiger partial charge in [-0.2, -0.15) is 4.98 Å². The van der Waals surface area contributed by atoms with Gasteiger partial charge < -0.3 is 4.74 Å². The van der Waals surface area contributed by atoms with Crippen LogP contribution in [0.5, 0.6) is 5.88 Å². The molecule has 0 saturated carbocycles. The van der Waals surface area contributed by atoms with Gasteiger partial charge in [-0.25, -0.2) is 4.98 Å². The van der Waals surface area contributed by atoms with Crippen LogP contribution in [0.4, 0.5) is 0 Å². The molecule has 90 valence electrons. The van der Waals surface area contributed by atoms with E-state index in [0.29, 0.717) is 5.88 Å². The second-order valence-corrected chi connectivity index (χ2v) is 6.63. The van der Waals surface area contributed by atoms with Crippen LogP contribution in [0.2, 0.25) is 0 Å². The normalized spacial score (nSPS) is 12.7. The van der Waals surface area contributed by atoms with Gasteiger partial charge >= 0.3 is 0 Å². The first-order chi connectivity index (χ1) is 7.08. The zero-order valence-corrected chi connectivity index (χ0v) is 12.3. The number of rotatable bonds is 1. The number of hydrogen-bond acceptors (Lipinski definition) is 3. The van der Waals surface area contributed by atoms with E-state index in [0.717, 1.165) is 10.4 Å². The topological polar surface area (TPSA) is 35.0 Å². The first kappa shape index (κ1) is 13.4. The largest absolute Gasteiger partial charge is 0.472 e. The highest BCUT2D eigenvalue weighted by Crippen LogP contribution is 2.25. The van der Waals surface area contributed by atoms with Crippen LogP contribution >= 0.6 is 15.9 Å².